The van der Waals surface area contributed by atoms with Crippen LogP contribution in [0.1, 0.15) is 60.9 Å². The predicted molar refractivity (Wildman–Crippen MR) is 154 cm³/mol. The number of methoxy groups -OCH3 is 1. The largest absolute Gasteiger partial charge is 0.496 e. The normalized spacial score (nSPS) is 22.6. The minimum atomic E-state index is -1.60. The van der Waals surface area contributed by atoms with Gasteiger partial charge < -0.3 is 10.1 Å². The Morgan fingerprint density at radius 3 is 2.40 bits per heavy atom. The quantitative estimate of drug-likeness (QED) is 0.325. The molecule has 210 valence electrons. The number of benzene rings is 3. The van der Waals surface area contributed by atoms with Crippen LogP contribution in [-0.2, 0) is 16.6 Å². The molecular weight excluding hydrogens is 530 g/mol. The maximum absolute atomic E-state index is 15.8. The van der Waals surface area contributed by atoms with Gasteiger partial charge in [0.2, 0.25) is 0 Å². The molecule has 0 unspecified atom stereocenters. The molecule has 0 saturated carbocycles. The van der Waals surface area contributed by atoms with E-state index in [2.05, 4.69) is 11.4 Å². The zero-order chi connectivity index (χ0) is 29.4. The van der Waals surface area contributed by atoms with Gasteiger partial charge in [-0.15, -0.1) is 0 Å². The van der Waals surface area contributed by atoms with Gasteiger partial charge in [0.05, 0.1) is 24.2 Å². The van der Waals surface area contributed by atoms with E-state index in [0.29, 0.717) is 23.3 Å². The first-order chi connectivity index (χ1) is 18.8. The van der Waals surface area contributed by atoms with Crippen molar-refractivity contribution in [1.29, 1.82) is 5.26 Å². The van der Waals surface area contributed by atoms with Gasteiger partial charge in [0, 0.05) is 29.5 Å². The maximum Gasteiger partial charge on any atom is 0.154 e. The Balaban J connectivity index is 1.96. The number of ether oxygens (including phenoxy) is 1. The molecule has 0 spiro atoms. The van der Waals surface area contributed by atoms with Crippen molar-refractivity contribution in [2.75, 3.05) is 7.11 Å². The third-order valence-corrected chi connectivity index (χ3v) is 8.09. The van der Waals surface area contributed by atoms with Crippen molar-refractivity contribution in [1.82, 2.24) is 5.32 Å². The number of Topliss-reactive ketones (excluding diaryl/α,β-unsaturated/α-hetero) is 1. The fourth-order valence-corrected chi connectivity index (χ4v) is 6.22. The van der Waals surface area contributed by atoms with Crippen LogP contribution >= 0.6 is 11.6 Å². The Bertz CT molecular complexity index is 1480. The number of rotatable bonds is 7. The fourth-order valence-electron chi connectivity index (χ4n) is 6.03. The van der Waals surface area contributed by atoms with Crippen LogP contribution in [0, 0.1) is 42.2 Å². The summed E-state index contributed by atoms with van der Waals surface area (Å²) in [4.78, 5) is 14.2. The van der Waals surface area contributed by atoms with Crippen molar-refractivity contribution in [3.63, 3.8) is 0 Å². The molecule has 3 aromatic rings. The van der Waals surface area contributed by atoms with Crippen LogP contribution < -0.4 is 10.1 Å². The number of carbonyl (C=O) groups is 1. The Hall–Kier alpha value is -3.27. The first-order valence-corrected chi connectivity index (χ1v) is 13.7. The van der Waals surface area contributed by atoms with E-state index in [1.165, 1.54) is 18.2 Å². The molecule has 1 aliphatic heterocycles. The molecule has 3 aromatic carbocycles. The summed E-state index contributed by atoms with van der Waals surface area (Å²) < 4.78 is 37.2. The number of carbonyl (C=O) groups excluding carboxylic acids is 1. The number of nitrogens with zero attached hydrogens (tertiary/aromatic N) is 1. The second kappa shape index (κ2) is 11.3. The van der Waals surface area contributed by atoms with E-state index < -0.39 is 35.1 Å². The first-order valence-electron chi connectivity index (χ1n) is 13.4. The fraction of sp³-hybridized carbons (Fsp3) is 0.394. The molecule has 0 radical (unpaired) electrons. The van der Waals surface area contributed by atoms with E-state index in [0.717, 1.165) is 5.56 Å². The van der Waals surface area contributed by atoms with Crippen LogP contribution in [-0.4, -0.2) is 25.0 Å². The van der Waals surface area contributed by atoms with E-state index in [4.69, 9.17) is 16.3 Å². The standard InChI is InChI=1S/C33H35ClF2N2O2/c1-19-11-13-23(25(35)14-19)33(18-37)28(17-32(3,4)5)38-31(29(33)22-8-7-9-24(34)30(22)36)26(39)16-21-12-10-20(2)15-27(21)40-6/h7-15,28-29,31,38H,16-17H2,1-6H3/t28-,29-,31-,33-/m0/s1. The zero-order valence-corrected chi connectivity index (χ0v) is 24.5. The van der Waals surface area contributed by atoms with E-state index in [1.807, 2.05) is 45.9 Å². The van der Waals surface area contributed by atoms with Gasteiger partial charge in [-0.3, -0.25) is 4.79 Å². The van der Waals surface area contributed by atoms with E-state index >= 15 is 8.78 Å². The van der Waals surface area contributed by atoms with Crippen molar-refractivity contribution < 1.29 is 18.3 Å². The minimum absolute atomic E-state index is 0.0140. The second-order valence-corrected chi connectivity index (χ2v) is 12.4. The molecule has 7 heteroatoms. The van der Waals surface area contributed by atoms with Crippen molar-refractivity contribution >= 4 is 17.4 Å². The molecule has 1 N–H and O–H groups in total. The van der Waals surface area contributed by atoms with Crippen LogP contribution in [0.5, 0.6) is 5.75 Å². The number of hydrogen-bond donors (Lipinski definition) is 1. The Morgan fingerprint density at radius 1 is 1.10 bits per heavy atom. The third kappa shape index (κ3) is 5.50. The lowest BCUT2D eigenvalue weighted by molar-refractivity contribution is -0.120. The Kier molecular flexibility index (Phi) is 8.40. The molecule has 0 bridgehead atoms. The van der Waals surface area contributed by atoms with Crippen molar-refractivity contribution in [3.05, 3.63) is 99.1 Å². The summed E-state index contributed by atoms with van der Waals surface area (Å²) in [6.45, 7) is 9.75. The Morgan fingerprint density at radius 2 is 1.77 bits per heavy atom. The van der Waals surface area contributed by atoms with Gasteiger partial charge in [-0.1, -0.05) is 68.8 Å². The summed E-state index contributed by atoms with van der Waals surface area (Å²) in [5.74, 6) is -2.02. The van der Waals surface area contributed by atoms with E-state index in [9.17, 15) is 10.1 Å². The van der Waals surface area contributed by atoms with Gasteiger partial charge in [0.25, 0.3) is 0 Å². The maximum atomic E-state index is 15.8. The predicted octanol–water partition coefficient (Wildman–Crippen LogP) is 7.38. The number of nitriles is 1. The van der Waals surface area contributed by atoms with Crippen molar-refractivity contribution in [2.45, 2.75) is 70.9 Å². The van der Waals surface area contributed by atoms with Gasteiger partial charge in [0.15, 0.2) is 5.78 Å². The van der Waals surface area contributed by atoms with Crippen LogP contribution in [0.15, 0.2) is 54.6 Å². The molecule has 0 aliphatic carbocycles. The SMILES string of the molecule is COc1cc(C)ccc1CC(=O)[C@@H]1N[C@@H](CC(C)(C)C)[C@](C#N)(c2ccc(C)cc2F)[C@H]1c1cccc(Cl)c1F. The number of halogens is 3. The topological polar surface area (TPSA) is 62.1 Å². The molecule has 0 amide bonds. The molecule has 4 nitrogen and oxygen atoms in total. The molecule has 4 rings (SSSR count). The lowest BCUT2D eigenvalue weighted by Gasteiger charge is -2.37. The summed E-state index contributed by atoms with van der Waals surface area (Å²) >= 11 is 6.23. The van der Waals surface area contributed by atoms with Crippen molar-refractivity contribution in [2.24, 2.45) is 5.41 Å². The summed E-state index contributed by atoms with van der Waals surface area (Å²) in [6.07, 6.45) is 0.421. The number of aryl methyl sites for hydroxylation is 2. The highest BCUT2D eigenvalue weighted by Gasteiger charge is 2.60. The van der Waals surface area contributed by atoms with Gasteiger partial charge in [-0.25, -0.2) is 8.78 Å². The minimum Gasteiger partial charge on any atom is -0.496 e. The average Bonchev–Trinajstić information content (AvgIpc) is 3.19. The van der Waals surface area contributed by atoms with Crippen molar-refractivity contribution in [3.8, 4) is 11.8 Å². The summed E-state index contributed by atoms with van der Waals surface area (Å²) in [7, 11) is 1.54. The number of hydrogen-bond acceptors (Lipinski definition) is 4. The lowest BCUT2D eigenvalue weighted by Crippen LogP contribution is -2.44. The number of ketones is 1. The van der Waals surface area contributed by atoms with Crippen LogP contribution in [0.3, 0.4) is 0 Å². The third-order valence-electron chi connectivity index (χ3n) is 7.80. The summed E-state index contributed by atoms with van der Waals surface area (Å²) in [5, 5.41) is 14.3. The molecule has 1 fully saturated rings. The molecule has 1 heterocycles. The number of nitrogens with one attached hydrogen (secondary N) is 1. The van der Waals surface area contributed by atoms with Gasteiger partial charge in [-0.05, 0) is 60.6 Å². The van der Waals surface area contributed by atoms with Crippen LogP contribution in [0.25, 0.3) is 0 Å². The first kappa shape index (κ1) is 29.7. The molecular formula is C33H35ClF2N2O2. The molecule has 0 aromatic heterocycles. The molecule has 1 saturated heterocycles. The van der Waals surface area contributed by atoms with Gasteiger partial charge in [0.1, 0.15) is 22.8 Å². The summed E-state index contributed by atoms with van der Waals surface area (Å²) in [5.41, 5.74) is 0.688. The highest BCUT2D eigenvalue weighted by molar-refractivity contribution is 6.30. The molecule has 40 heavy (non-hydrogen) atoms. The molecule has 4 atom stereocenters. The van der Waals surface area contributed by atoms with Crippen LogP contribution in [0.4, 0.5) is 8.78 Å². The van der Waals surface area contributed by atoms with Gasteiger partial charge in [-0.2, -0.15) is 5.26 Å². The second-order valence-electron chi connectivity index (χ2n) is 12.0. The van der Waals surface area contributed by atoms with Gasteiger partial charge >= 0.3 is 0 Å². The highest BCUT2D eigenvalue weighted by Crippen LogP contribution is 2.53. The zero-order valence-electron chi connectivity index (χ0n) is 23.7. The lowest BCUT2D eigenvalue weighted by atomic mass is 9.62. The van der Waals surface area contributed by atoms with E-state index in [1.54, 1.807) is 32.2 Å². The summed E-state index contributed by atoms with van der Waals surface area (Å²) in [6, 6.07) is 15.6. The van der Waals surface area contributed by atoms with E-state index in [-0.39, 0.29) is 33.8 Å². The highest BCUT2D eigenvalue weighted by atomic mass is 35.5. The van der Waals surface area contributed by atoms with Crippen LogP contribution in [0.2, 0.25) is 5.02 Å². The average molecular weight is 565 g/mol. The monoisotopic (exact) mass is 564 g/mol. The Labute approximate surface area is 240 Å². The molecule has 1 aliphatic rings. The smallest absolute Gasteiger partial charge is 0.154 e.